The molecule has 0 bridgehead atoms. The summed E-state index contributed by atoms with van der Waals surface area (Å²) in [5.74, 6) is 0. The number of hydrogen-bond donors (Lipinski definition) is 1. The second-order valence-corrected chi connectivity index (χ2v) is 6.92. The highest BCUT2D eigenvalue weighted by molar-refractivity contribution is 6.32. The Morgan fingerprint density at radius 3 is 2.78 bits per heavy atom. The number of halogens is 2. The van der Waals surface area contributed by atoms with Crippen LogP contribution in [0.25, 0.3) is 11.6 Å². The average Bonchev–Trinajstić information content (AvgIpc) is 3.25. The highest BCUT2D eigenvalue weighted by Crippen LogP contribution is 2.31. The molecule has 0 fully saturated rings. The van der Waals surface area contributed by atoms with Crippen molar-refractivity contribution in [3.8, 4) is 0 Å². The number of nitrogens with zero attached hydrogens (tertiary/aromatic N) is 2. The molecule has 0 atom stereocenters. The molecule has 0 radical (unpaired) electrons. The van der Waals surface area contributed by atoms with Crippen molar-refractivity contribution in [3.63, 3.8) is 0 Å². The van der Waals surface area contributed by atoms with Crippen LogP contribution in [0.2, 0.25) is 5.02 Å². The SMILES string of the molecule is CC1=CC(/C=C/c2c(C)cccc2Cl)=NC/1=C(/CCN)c1cccn1BF. The maximum atomic E-state index is 13.3. The number of aromatic nitrogens is 1. The minimum Gasteiger partial charge on any atom is -0.365 e. The lowest BCUT2D eigenvalue weighted by molar-refractivity contribution is 0.830. The van der Waals surface area contributed by atoms with Crippen LogP contribution >= 0.6 is 11.6 Å². The Hall–Kier alpha value is -2.37. The largest absolute Gasteiger partial charge is 0.448 e. The third kappa shape index (κ3) is 4.15. The molecule has 3 rings (SSSR count). The van der Waals surface area contributed by atoms with E-state index in [4.69, 9.17) is 22.3 Å². The van der Waals surface area contributed by atoms with Gasteiger partial charge in [-0.05, 0) is 80.1 Å². The van der Waals surface area contributed by atoms with Gasteiger partial charge in [0.2, 0.25) is 0 Å². The average molecular weight is 382 g/mol. The molecule has 138 valence electrons. The van der Waals surface area contributed by atoms with Gasteiger partial charge in [-0.1, -0.05) is 29.8 Å². The van der Waals surface area contributed by atoms with Gasteiger partial charge in [0, 0.05) is 16.3 Å². The van der Waals surface area contributed by atoms with Crippen LogP contribution in [0.4, 0.5) is 4.32 Å². The van der Waals surface area contributed by atoms with Crippen molar-refractivity contribution in [2.75, 3.05) is 6.54 Å². The summed E-state index contributed by atoms with van der Waals surface area (Å²) in [6, 6.07) is 9.58. The zero-order valence-electron chi connectivity index (χ0n) is 15.5. The van der Waals surface area contributed by atoms with Gasteiger partial charge in [0.05, 0.1) is 11.4 Å². The summed E-state index contributed by atoms with van der Waals surface area (Å²) in [4.78, 5) is 4.78. The second-order valence-electron chi connectivity index (χ2n) is 6.52. The van der Waals surface area contributed by atoms with E-state index in [1.54, 1.807) is 10.7 Å². The van der Waals surface area contributed by atoms with Crippen molar-refractivity contribution in [2.45, 2.75) is 20.3 Å². The summed E-state index contributed by atoms with van der Waals surface area (Å²) in [5.41, 5.74) is 12.4. The van der Waals surface area contributed by atoms with E-state index in [9.17, 15) is 4.32 Å². The second kappa shape index (κ2) is 8.55. The van der Waals surface area contributed by atoms with E-state index in [0.717, 1.165) is 39.4 Å². The smallest absolute Gasteiger partial charge is 0.365 e. The van der Waals surface area contributed by atoms with Gasteiger partial charge in [0.15, 0.2) is 0 Å². The van der Waals surface area contributed by atoms with Crippen molar-refractivity contribution in [3.05, 3.63) is 81.8 Å². The number of nitrogens with two attached hydrogens (primary N) is 1. The third-order valence-corrected chi connectivity index (χ3v) is 4.95. The van der Waals surface area contributed by atoms with Crippen molar-refractivity contribution in [1.29, 1.82) is 0 Å². The highest BCUT2D eigenvalue weighted by Gasteiger charge is 2.18. The Morgan fingerprint density at radius 1 is 1.26 bits per heavy atom. The van der Waals surface area contributed by atoms with E-state index in [-0.39, 0.29) is 0 Å². The first-order chi connectivity index (χ1) is 13.0. The Morgan fingerprint density at radius 2 is 2.07 bits per heavy atom. The lowest BCUT2D eigenvalue weighted by Crippen LogP contribution is -2.08. The summed E-state index contributed by atoms with van der Waals surface area (Å²) in [5, 5.41) is 0.714. The van der Waals surface area contributed by atoms with E-state index >= 15 is 0 Å². The minimum atomic E-state index is -0.575. The standard InChI is InChI=1S/C21H22BClFN3/c1-14-5-3-6-19(23)17(14)9-8-16-13-15(2)21(26-16)18(10-11-25)20-7-4-12-27(20)22-24/h3-9,12-13,22H,10-11,25H2,1-2H3/b9-8+,21-18-. The molecule has 2 heterocycles. The molecule has 2 aromatic rings. The molecule has 0 amide bonds. The fraction of sp³-hybridized carbons (Fsp3) is 0.190. The molecule has 1 aliphatic heterocycles. The zero-order valence-corrected chi connectivity index (χ0v) is 16.3. The van der Waals surface area contributed by atoms with Gasteiger partial charge in [0.1, 0.15) is 0 Å². The van der Waals surface area contributed by atoms with Crippen molar-refractivity contribution in [2.24, 2.45) is 10.7 Å². The van der Waals surface area contributed by atoms with Gasteiger partial charge in [-0.2, -0.15) is 0 Å². The van der Waals surface area contributed by atoms with Crippen molar-refractivity contribution >= 4 is 36.7 Å². The fourth-order valence-corrected chi connectivity index (χ4v) is 3.54. The number of hydrogen-bond acceptors (Lipinski definition) is 2. The lowest BCUT2D eigenvalue weighted by atomic mass is 10.0. The Balaban J connectivity index is 2.00. The van der Waals surface area contributed by atoms with Crippen LogP contribution in [0.15, 0.2) is 64.9 Å². The van der Waals surface area contributed by atoms with Crippen LogP contribution in [0, 0.1) is 6.92 Å². The number of allylic oxidation sites excluding steroid dienone is 3. The predicted octanol–water partition coefficient (Wildman–Crippen LogP) is 4.71. The molecule has 6 heteroatoms. The first kappa shape index (κ1) is 19.4. The van der Waals surface area contributed by atoms with Crippen molar-refractivity contribution in [1.82, 2.24) is 4.48 Å². The van der Waals surface area contributed by atoms with Gasteiger partial charge in [-0.15, -0.1) is 0 Å². The van der Waals surface area contributed by atoms with Gasteiger partial charge >= 0.3 is 7.69 Å². The molecule has 1 aliphatic rings. The topological polar surface area (TPSA) is 43.3 Å². The summed E-state index contributed by atoms with van der Waals surface area (Å²) >= 11 is 6.30. The van der Waals surface area contributed by atoms with Crippen molar-refractivity contribution < 1.29 is 4.32 Å². The van der Waals surface area contributed by atoms with Gasteiger partial charge < -0.3 is 14.5 Å². The molecule has 1 aromatic heterocycles. The van der Waals surface area contributed by atoms with Crippen LogP contribution in [-0.4, -0.2) is 24.4 Å². The molecule has 3 nitrogen and oxygen atoms in total. The number of benzene rings is 1. The van der Waals surface area contributed by atoms with Gasteiger partial charge in [0.25, 0.3) is 0 Å². The zero-order chi connectivity index (χ0) is 19.4. The number of aliphatic imine (C=N–C) groups is 1. The minimum absolute atomic E-state index is 0.475. The first-order valence-corrected chi connectivity index (χ1v) is 9.28. The molecule has 27 heavy (non-hydrogen) atoms. The molecule has 1 aromatic carbocycles. The van der Waals surface area contributed by atoms with Crippen LogP contribution in [-0.2, 0) is 0 Å². The van der Waals surface area contributed by atoms with Crippen LogP contribution in [0.1, 0.15) is 30.2 Å². The summed E-state index contributed by atoms with van der Waals surface area (Å²) < 4.78 is 14.9. The van der Waals surface area contributed by atoms with Crippen LogP contribution in [0.3, 0.4) is 0 Å². The Bertz CT molecular complexity index is 949. The predicted molar refractivity (Wildman–Crippen MR) is 115 cm³/mol. The lowest BCUT2D eigenvalue weighted by Gasteiger charge is -2.12. The Labute approximate surface area is 165 Å². The highest BCUT2D eigenvalue weighted by atomic mass is 35.5. The molecular formula is C21H22BClFN3. The fourth-order valence-electron chi connectivity index (χ4n) is 3.26. The van der Waals surface area contributed by atoms with Crippen LogP contribution in [0.5, 0.6) is 0 Å². The quantitative estimate of drug-likeness (QED) is 0.724. The summed E-state index contributed by atoms with van der Waals surface area (Å²) in [6.07, 6.45) is 8.33. The van der Waals surface area contributed by atoms with E-state index in [0.29, 0.717) is 18.0 Å². The maximum absolute atomic E-state index is 13.3. The third-order valence-electron chi connectivity index (χ3n) is 4.62. The van der Waals surface area contributed by atoms with Crippen LogP contribution < -0.4 is 5.73 Å². The molecule has 0 aliphatic carbocycles. The monoisotopic (exact) mass is 381 g/mol. The summed E-state index contributed by atoms with van der Waals surface area (Å²) in [7, 11) is -0.575. The van der Waals surface area contributed by atoms with Gasteiger partial charge in [-0.25, -0.2) is 4.99 Å². The van der Waals surface area contributed by atoms with Gasteiger partial charge in [-0.3, -0.25) is 0 Å². The number of aryl methyl sites for hydroxylation is 1. The van der Waals surface area contributed by atoms with E-state index < -0.39 is 7.69 Å². The molecule has 0 spiro atoms. The van der Waals surface area contributed by atoms with E-state index in [1.807, 2.05) is 62.4 Å². The van der Waals surface area contributed by atoms with E-state index in [2.05, 4.69) is 0 Å². The number of rotatable bonds is 6. The molecule has 0 unspecified atom stereocenters. The van der Waals surface area contributed by atoms with E-state index in [1.165, 1.54) is 0 Å². The summed E-state index contributed by atoms with van der Waals surface area (Å²) in [6.45, 7) is 4.52. The Kier molecular flexibility index (Phi) is 6.14. The normalized spacial score (nSPS) is 15.9. The molecule has 0 saturated heterocycles. The molecular weight excluding hydrogens is 360 g/mol. The molecule has 0 saturated carbocycles. The first-order valence-electron chi connectivity index (χ1n) is 8.90. The molecule has 2 N–H and O–H groups in total. The maximum Gasteiger partial charge on any atom is 0.448 e.